The van der Waals surface area contributed by atoms with Crippen LogP contribution in [0.2, 0.25) is 0 Å². The molecule has 0 bridgehead atoms. The fourth-order valence-corrected chi connectivity index (χ4v) is 14.9. The van der Waals surface area contributed by atoms with Gasteiger partial charge in [0.1, 0.15) is 19.3 Å². The van der Waals surface area contributed by atoms with Gasteiger partial charge in [0.2, 0.25) is 0 Å². The second-order valence-electron chi connectivity index (χ2n) is 32.1. The maximum atomic E-state index is 13.1. The van der Waals surface area contributed by atoms with Crippen molar-refractivity contribution in [3.63, 3.8) is 0 Å². The number of hydrogen-bond donors (Lipinski definition) is 3. The molecule has 3 unspecified atom stereocenters. The van der Waals surface area contributed by atoms with Crippen LogP contribution in [-0.4, -0.2) is 96.7 Å². The first-order valence-corrected chi connectivity index (χ1v) is 47.4. The average Bonchev–Trinajstić information content (AvgIpc) is 0.962. The average molecular weight is 1540 g/mol. The number of aliphatic hydroxyl groups is 1. The van der Waals surface area contributed by atoms with Crippen molar-refractivity contribution in [1.29, 1.82) is 0 Å². The molecule has 3 N–H and O–H groups in total. The Morgan fingerprint density at radius 2 is 0.486 bits per heavy atom. The summed E-state index contributed by atoms with van der Waals surface area (Å²) in [7, 11) is -9.93. The summed E-state index contributed by atoms with van der Waals surface area (Å²) in [5.41, 5.74) is 0. The topological polar surface area (TPSA) is 237 Å². The Labute approximate surface area is 645 Å². The van der Waals surface area contributed by atoms with Crippen LogP contribution in [0.25, 0.3) is 0 Å². The van der Waals surface area contributed by atoms with Gasteiger partial charge >= 0.3 is 39.5 Å². The zero-order valence-electron chi connectivity index (χ0n) is 69.2. The molecular weight excluding hydrogens is 1370 g/mol. The molecule has 0 aromatic heterocycles. The molecule has 624 valence electrons. The molecule has 0 rings (SSSR count). The molecule has 19 heteroatoms. The minimum Gasteiger partial charge on any atom is -0.462 e. The van der Waals surface area contributed by atoms with E-state index in [1.807, 2.05) is 0 Å². The fraction of sp³-hybridized carbons (Fsp3) is 0.953. The first-order valence-electron chi connectivity index (χ1n) is 44.4. The molecule has 0 heterocycles. The number of ether oxygens (including phenoxy) is 4. The van der Waals surface area contributed by atoms with Crippen molar-refractivity contribution in [3.05, 3.63) is 0 Å². The Morgan fingerprint density at radius 1 is 0.276 bits per heavy atom. The number of phosphoric ester groups is 2. The van der Waals surface area contributed by atoms with Gasteiger partial charge in [-0.1, -0.05) is 402 Å². The summed E-state index contributed by atoms with van der Waals surface area (Å²) in [5.74, 6) is 0.235. The third-order valence-corrected chi connectivity index (χ3v) is 22.4. The first kappa shape index (κ1) is 103. The van der Waals surface area contributed by atoms with Crippen LogP contribution in [0.1, 0.15) is 453 Å². The summed E-state index contributed by atoms with van der Waals surface area (Å²) < 4.78 is 68.9. The zero-order chi connectivity index (χ0) is 77.2. The lowest BCUT2D eigenvalue weighted by molar-refractivity contribution is -0.161. The fourth-order valence-electron chi connectivity index (χ4n) is 13.3. The summed E-state index contributed by atoms with van der Waals surface area (Å²) in [4.78, 5) is 73.2. The van der Waals surface area contributed by atoms with Gasteiger partial charge in [0.15, 0.2) is 12.2 Å². The Bertz CT molecular complexity index is 2030. The predicted octanol–water partition coefficient (Wildman–Crippen LogP) is 26.1. The number of carbonyl (C=O) groups is 4. The zero-order valence-corrected chi connectivity index (χ0v) is 71.0. The van der Waals surface area contributed by atoms with E-state index in [1.165, 1.54) is 263 Å². The van der Waals surface area contributed by atoms with Crippen LogP contribution < -0.4 is 0 Å². The number of hydrogen-bond acceptors (Lipinski definition) is 15. The maximum absolute atomic E-state index is 13.1. The van der Waals surface area contributed by atoms with Gasteiger partial charge in [0, 0.05) is 25.7 Å². The van der Waals surface area contributed by atoms with E-state index in [0.717, 1.165) is 108 Å². The molecule has 0 aromatic rings. The van der Waals surface area contributed by atoms with Crippen LogP contribution in [0.4, 0.5) is 0 Å². The van der Waals surface area contributed by atoms with Crippen molar-refractivity contribution in [2.24, 2.45) is 17.8 Å². The highest BCUT2D eigenvalue weighted by atomic mass is 31.2. The van der Waals surface area contributed by atoms with Crippen LogP contribution in [0, 0.1) is 17.8 Å². The predicted molar refractivity (Wildman–Crippen MR) is 432 cm³/mol. The Balaban J connectivity index is 5.23. The van der Waals surface area contributed by atoms with E-state index in [0.29, 0.717) is 25.7 Å². The largest absolute Gasteiger partial charge is 0.472 e. The van der Waals surface area contributed by atoms with Gasteiger partial charge < -0.3 is 33.8 Å². The molecule has 6 atom stereocenters. The van der Waals surface area contributed by atoms with Gasteiger partial charge in [-0.05, 0) is 43.4 Å². The number of unbranched alkanes of at least 4 members (excludes halogenated alkanes) is 51. The first-order chi connectivity index (χ1) is 50.8. The van der Waals surface area contributed by atoms with E-state index >= 15 is 0 Å². The Hall–Kier alpha value is -1.94. The van der Waals surface area contributed by atoms with E-state index in [9.17, 15) is 43.2 Å². The molecule has 0 saturated heterocycles. The molecule has 0 aromatic carbocycles. The van der Waals surface area contributed by atoms with Crippen molar-refractivity contribution >= 4 is 39.5 Å². The van der Waals surface area contributed by atoms with Crippen LogP contribution in [-0.2, 0) is 65.4 Å². The summed E-state index contributed by atoms with van der Waals surface area (Å²) in [6, 6.07) is 0. The van der Waals surface area contributed by atoms with Crippen LogP contribution in [0.5, 0.6) is 0 Å². The molecule has 0 fully saturated rings. The van der Waals surface area contributed by atoms with Crippen LogP contribution >= 0.6 is 15.6 Å². The summed E-state index contributed by atoms with van der Waals surface area (Å²) in [5, 5.41) is 10.7. The molecule has 0 aliphatic carbocycles. The molecular formula is C86H168O17P2. The summed E-state index contributed by atoms with van der Waals surface area (Å²) >= 11 is 0. The number of carbonyl (C=O) groups excluding carboxylic acids is 4. The van der Waals surface area contributed by atoms with Crippen molar-refractivity contribution in [3.8, 4) is 0 Å². The lowest BCUT2D eigenvalue weighted by Crippen LogP contribution is -2.30. The number of rotatable bonds is 84. The van der Waals surface area contributed by atoms with E-state index in [2.05, 4.69) is 48.5 Å². The van der Waals surface area contributed by atoms with Crippen LogP contribution in [0.15, 0.2) is 0 Å². The highest BCUT2D eigenvalue weighted by Gasteiger charge is 2.30. The number of esters is 4. The monoisotopic (exact) mass is 1540 g/mol. The van der Waals surface area contributed by atoms with Crippen LogP contribution in [0.3, 0.4) is 0 Å². The highest BCUT2D eigenvalue weighted by molar-refractivity contribution is 7.47. The van der Waals surface area contributed by atoms with Gasteiger partial charge in [-0.25, -0.2) is 9.13 Å². The molecule has 17 nitrogen and oxygen atoms in total. The van der Waals surface area contributed by atoms with Crippen molar-refractivity contribution in [2.45, 2.75) is 471 Å². The van der Waals surface area contributed by atoms with Crippen molar-refractivity contribution in [1.82, 2.24) is 0 Å². The van der Waals surface area contributed by atoms with Crippen molar-refractivity contribution in [2.75, 3.05) is 39.6 Å². The quantitative estimate of drug-likeness (QED) is 0.0222. The SMILES string of the molecule is CCCCCCCCCCCCCCCCCCCCCCCCC(=O)O[C@H](COC(=O)CCCCCCCCCCCCCCCCC(C)CC)COP(=O)(O)OC[C@@H](O)COP(=O)(O)OC[C@@H](COC(=O)CCCCCCCCCCC(C)C)OC(=O)CCCCCCCCCCCCCC(C)C. The Kier molecular flexibility index (Phi) is 74.7. The van der Waals surface area contributed by atoms with Crippen molar-refractivity contribution < 1.29 is 80.2 Å². The summed E-state index contributed by atoms with van der Waals surface area (Å²) in [6.07, 6.45) is 66.7. The van der Waals surface area contributed by atoms with Gasteiger partial charge in [0.05, 0.1) is 26.4 Å². The second-order valence-corrected chi connectivity index (χ2v) is 35.0. The van der Waals surface area contributed by atoms with E-state index in [4.69, 9.17) is 37.0 Å². The summed E-state index contributed by atoms with van der Waals surface area (Å²) in [6.45, 7) is 12.0. The molecule has 0 amide bonds. The third-order valence-electron chi connectivity index (χ3n) is 20.5. The maximum Gasteiger partial charge on any atom is 0.472 e. The second kappa shape index (κ2) is 76.1. The van der Waals surface area contributed by atoms with Gasteiger partial charge in [0.25, 0.3) is 0 Å². The molecule has 0 aliphatic heterocycles. The van der Waals surface area contributed by atoms with Gasteiger partial charge in [-0.3, -0.25) is 37.3 Å². The Morgan fingerprint density at radius 3 is 0.724 bits per heavy atom. The minimum atomic E-state index is -4.97. The van der Waals surface area contributed by atoms with E-state index < -0.39 is 97.5 Å². The number of aliphatic hydroxyl groups excluding tert-OH is 1. The standard InChI is InChI=1S/C86H168O17P2/c1-8-10-11-12-13-14-15-16-17-18-19-20-21-22-23-24-29-34-39-48-55-62-69-85(90)102-81(73-96-83(88)67-60-53-46-38-33-28-26-25-27-32-37-45-52-59-66-79(7)9-2)75-100-104(92,93)98-71-80(87)72-99-105(94,95)101-76-82(74-97-84(89)68-61-54-47-42-41-44-51-58-65-78(5)6)103-86(91)70-63-56-49-40-35-30-31-36-43-50-57-64-77(3)4/h77-82,87H,8-76H2,1-7H3,(H,92,93)(H,94,95)/t79?,80-,81-,82-/m1/s1. The lowest BCUT2D eigenvalue weighted by Gasteiger charge is -2.21. The molecule has 0 radical (unpaired) electrons. The van der Waals surface area contributed by atoms with E-state index in [1.54, 1.807) is 0 Å². The molecule has 105 heavy (non-hydrogen) atoms. The van der Waals surface area contributed by atoms with Gasteiger partial charge in [-0.2, -0.15) is 0 Å². The van der Waals surface area contributed by atoms with E-state index in [-0.39, 0.29) is 25.7 Å². The molecule has 0 spiro atoms. The smallest absolute Gasteiger partial charge is 0.462 e. The normalized spacial score (nSPS) is 14.1. The third kappa shape index (κ3) is 78.5. The lowest BCUT2D eigenvalue weighted by atomic mass is 9.99. The number of phosphoric acid groups is 2. The van der Waals surface area contributed by atoms with Gasteiger partial charge in [-0.15, -0.1) is 0 Å². The molecule has 0 aliphatic rings. The minimum absolute atomic E-state index is 0.106. The highest BCUT2D eigenvalue weighted by Crippen LogP contribution is 2.45. The molecule has 0 saturated carbocycles.